The van der Waals surface area contributed by atoms with Crippen molar-refractivity contribution in [1.29, 1.82) is 0 Å². The summed E-state index contributed by atoms with van der Waals surface area (Å²) < 4.78 is 19.0. The van der Waals surface area contributed by atoms with Gasteiger partial charge in [-0.1, -0.05) is 42.8 Å². The highest BCUT2D eigenvalue weighted by molar-refractivity contribution is 6.76. The van der Waals surface area contributed by atoms with Crippen molar-refractivity contribution in [3.05, 3.63) is 44.7 Å². The normalized spacial score (nSPS) is 16.4. The van der Waals surface area contributed by atoms with Gasteiger partial charge in [0.05, 0.1) is 28.0 Å². The first kappa shape index (κ1) is 31.8. The van der Waals surface area contributed by atoms with Gasteiger partial charge in [0.1, 0.15) is 23.3 Å². The highest BCUT2D eigenvalue weighted by Gasteiger charge is 2.53. The third-order valence-electron chi connectivity index (χ3n) is 8.15. The first-order valence-corrected chi connectivity index (χ1v) is 19.2. The van der Waals surface area contributed by atoms with Gasteiger partial charge in [0.15, 0.2) is 0 Å². The Morgan fingerprint density at radius 2 is 1.93 bits per heavy atom. The van der Waals surface area contributed by atoms with Gasteiger partial charge >= 0.3 is 5.69 Å². The zero-order chi connectivity index (χ0) is 30.8. The summed E-state index contributed by atoms with van der Waals surface area (Å²) in [7, 11) is 0.567. The molecule has 4 heterocycles. The molecule has 43 heavy (non-hydrogen) atoms. The van der Waals surface area contributed by atoms with Crippen molar-refractivity contribution in [2.45, 2.75) is 64.2 Å². The third-order valence-corrected chi connectivity index (χ3v) is 10.3. The zero-order valence-electron chi connectivity index (χ0n) is 25.2. The van der Waals surface area contributed by atoms with Crippen LogP contribution in [0.4, 0.5) is 17.2 Å². The number of nitrogens with zero attached hydrogens (tertiary/aromatic N) is 5. The summed E-state index contributed by atoms with van der Waals surface area (Å²) in [4.78, 5) is 22.3. The number of anilines is 2. The van der Waals surface area contributed by atoms with E-state index in [1.807, 2.05) is 10.8 Å². The van der Waals surface area contributed by atoms with E-state index in [1.54, 1.807) is 19.2 Å². The van der Waals surface area contributed by atoms with Crippen LogP contribution in [0.5, 0.6) is 5.88 Å². The van der Waals surface area contributed by atoms with Crippen molar-refractivity contribution in [3.8, 4) is 5.88 Å². The molecule has 0 aromatic carbocycles. The van der Waals surface area contributed by atoms with Crippen molar-refractivity contribution < 1.29 is 19.1 Å². The molecule has 1 spiro atoms. The van der Waals surface area contributed by atoms with E-state index < -0.39 is 13.0 Å². The number of nitrogens with one attached hydrogen (secondary N) is 1. The Balaban J connectivity index is 1.12. The second-order valence-electron chi connectivity index (χ2n) is 12.8. The minimum Gasteiger partial charge on any atom is -0.473 e. The molecule has 5 rings (SSSR count). The van der Waals surface area contributed by atoms with Crippen LogP contribution >= 0.6 is 23.2 Å². The Bertz CT molecular complexity index is 1450. The van der Waals surface area contributed by atoms with Crippen molar-refractivity contribution >= 4 is 59.5 Å². The number of hydrogen-bond donors (Lipinski definition) is 1. The molecule has 2 fully saturated rings. The summed E-state index contributed by atoms with van der Waals surface area (Å²) in [5.41, 5.74) is 1.62. The van der Waals surface area contributed by atoms with Crippen molar-refractivity contribution in [2.75, 3.05) is 50.2 Å². The van der Waals surface area contributed by atoms with Crippen LogP contribution in [-0.2, 0) is 16.2 Å². The number of rotatable bonds is 15. The van der Waals surface area contributed by atoms with Crippen LogP contribution in [-0.4, -0.2) is 73.6 Å². The lowest BCUT2D eigenvalue weighted by Gasteiger charge is -2.58. The van der Waals surface area contributed by atoms with Gasteiger partial charge in [0, 0.05) is 64.8 Å². The minimum absolute atomic E-state index is 0.0580. The summed E-state index contributed by atoms with van der Waals surface area (Å²) in [6.45, 7) is 10.7. The second kappa shape index (κ2) is 13.2. The van der Waals surface area contributed by atoms with E-state index in [0.29, 0.717) is 60.7 Å². The lowest BCUT2D eigenvalue weighted by molar-refractivity contribution is -0.386. The Hall–Kier alpha value is -2.64. The lowest BCUT2D eigenvalue weighted by Crippen LogP contribution is -2.64. The number of fused-ring (bicyclic) bond motifs is 1. The van der Waals surface area contributed by atoms with Crippen LogP contribution in [0.3, 0.4) is 0 Å². The molecule has 14 heteroatoms. The molecule has 1 aliphatic heterocycles. The van der Waals surface area contributed by atoms with Crippen LogP contribution in [0, 0.1) is 15.5 Å². The summed E-state index contributed by atoms with van der Waals surface area (Å²) in [5.74, 6) is 0.764. The maximum absolute atomic E-state index is 11.6. The molecule has 2 aliphatic rings. The molecule has 0 radical (unpaired) electrons. The maximum atomic E-state index is 11.6. The molecule has 0 unspecified atom stereocenters. The van der Waals surface area contributed by atoms with Crippen LogP contribution in [0.1, 0.15) is 25.7 Å². The number of unbranched alkanes of at least 4 members (excludes halogenated alkanes) is 1. The first-order valence-electron chi connectivity index (χ1n) is 14.7. The fourth-order valence-electron chi connectivity index (χ4n) is 5.71. The van der Waals surface area contributed by atoms with Gasteiger partial charge in [0.25, 0.3) is 5.88 Å². The number of halogens is 2. The summed E-state index contributed by atoms with van der Waals surface area (Å²) in [5, 5.41) is 16.7. The third kappa shape index (κ3) is 7.54. The smallest absolute Gasteiger partial charge is 0.331 e. The van der Waals surface area contributed by atoms with Gasteiger partial charge in [-0.3, -0.25) is 10.1 Å². The molecule has 3 aromatic rings. The van der Waals surface area contributed by atoms with E-state index in [-0.39, 0.29) is 17.0 Å². The van der Waals surface area contributed by atoms with Crippen molar-refractivity contribution in [2.24, 2.45) is 5.41 Å². The fourth-order valence-corrected chi connectivity index (χ4v) is 6.96. The zero-order valence-corrected chi connectivity index (χ0v) is 27.7. The lowest BCUT2D eigenvalue weighted by atomic mass is 9.62. The number of ether oxygens (including phenoxy) is 3. The van der Waals surface area contributed by atoms with Crippen molar-refractivity contribution in [3.63, 3.8) is 0 Å². The maximum Gasteiger partial charge on any atom is 0.331 e. The van der Waals surface area contributed by atoms with Gasteiger partial charge in [-0.2, -0.15) is 4.98 Å². The topological polar surface area (TPSA) is 117 Å². The predicted octanol–water partition coefficient (Wildman–Crippen LogP) is 6.84. The number of nitro groups is 1. The van der Waals surface area contributed by atoms with Gasteiger partial charge in [-0.15, -0.1) is 0 Å². The molecular weight excluding hydrogens is 611 g/mol. The van der Waals surface area contributed by atoms with E-state index in [1.165, 1.54) is 6.07 Å². The molecule has 1 saturated carbocycles. The molecule has 0 atom stereocenters. The van der Waals surface area contributed by atoms with Gasteiger partial charge < -0.3 is 29.0 Å². The summed E-state index contributed by atoms with van der Waals surface area (Å²) >= 11 is 13.0. The molecule has 234 valence electrons. The summed E-state index contributed by atoms with van der Waals surface area (Å²) in [6, 6.07) is 6.02. The standard InChI is InChI=1S/C29H40Cl2N6O5Si/c1-40-20-14-29(15-20)17-36(18-29)25-8-7-23(37(38)39)28(34-25)42-10-6-5-9-32-22-13-24(31)33-27-26(22)21(30)16-35(27)19-41-11-12-43(2,3)4/h7-8,13,16,20H,5-6,9-12,14-15,17-19H2,1-4H3,(H,32,33). The Labute approximate surface area is 263 Å². The van der Waals surface area contributed by atoms with Crippen LogP contribution in [0.15, 0.2) is 24.4 Å². The molecular formula is C29H40Cl2N6O5Si. The van der Waals surface area contributed by atoms with Crippen LogP contribution in [0.25, 0.3) is 11.0 Å². The Kier molecular flexibility index (Phi) is 9.72. The fraction of sp³-hybridized carbons (Fsp3) is 0.586. The van der Waals surface area contributed by atoms with Crippen molar-refractivity contribution in [1.82, 2.24) is 14.5 Å². The van der Waals surface area contributed by atoms with Gasteiger partial charge in [-0.25, -0.2) is 4.98 Å². The van der Waals surface area contributed by atoms with E-state index in [4.69, 9.17) is 37.4 Å². The number of pyridine rings is 2. The average Bonchev–Trinajstić information content (AvgIpc) is 3.21. The molecule has 11 nitrogen and oxygen atoms in total. The highest BCUT2D eigenvalue weighted by Crippen LogP contribution is 2.50. The minimum atomic E-state index is -1.18. The molecule has 1 saturated heterocycles. The largest absolute Gasteiger partial charge is 0.473 e. The molecule has 1 aliphatic carbocycles. The Morgan fingerprint density at radius 3 is 2.63 bits per heavy atom. The van der Waals surface area contributed by atoms with E-state index >= 15 is 0 Å². The average molecular weight is 652 g/mol. The number of hydrogen-bond acceptors (Lipinski definition) is 9. The number of aromatic nitrogens is 3. The number of methoxy groups -OCH3 is 1. The Morgan fingerprint density at radius 1 is 1.16 bits per heavy atom. The molecule has 1 N–H and O–H groups in total. The van der Waals surface area contributed by atoms with Gasteiger partial charge in [0.2, 0.25) is 0 Å². The molecule has 0 bridgehead atoms. The predicted molar refractivity (Wildman–Crippen MR) is 173 cm³/mol. The van der Waals surface area contributed by atoms with E-state index in [9.17, 15) is 10.1 Å². The van der Waals surface area contributed by atoms with Crippen LogP contribution in [0.2, 0.25) is 35.9 Å². The second-order valence-corrected chi connectivity index (χ2v) is 19.3. The quantitative estimate of drug-likeness (QED) is 0.0620. The first-order chi connectivity index (χ1) is 20.5. The summed E-state index contributed by atoms with van der Waals surface area (Å²) in [6.07, 6.45) is 5.68. The monoisotopic (exact) mass is 650 g/mol. The molecule has 3 aromatic heterocycles. The van der Waals surface area contributed by atoms with Gasteiger partial charge in [-0.05, 0) is 43.9 Å². The van der Waals surface area contributed by atoms with E-state index in [2.05, 4.69) is 39.8 Å². The van der Waals surface area contributed by atoms with Crippen LogP contribution < -0.4 is 15.0 Å². The molecule has 0 amide bonds. The highest BCUT2D eigenvalue weighted by atomic mass is 35.5. The van der Waals surface area contributed by atoms with E-state index in [0.717, 1.165) is 49.5 Å². The SMILES string of the molecule is COC1CC2(C1)CN(c1ccc([N+](=O)[O-])c(OCCCCNc3cc(Cl)nc4c3c(Cl)cn4COCC[Si](C)(C)C)n1)C2.